The van der Waals surface area contributed by atoms with Crippen molar-refractivity contribution >= 4 is 46.4 Å². The summed E-state index contributed by atoms with van der Waals surface area (Å²) in [6.07, 6.45) is -0.690. The van der Waals surface area contributed by atoms with Crippen molar-refractivity contribution in [2.75, 3.05) is 49.6 Å². The van der Waals surface area contributed by atoms with Crippen molar-refractivity contribution in [2.45, 2.75) is 6.10 Å². The normalized spacial score (nSPS) is 18.4. The molecule has 1 fully saturated rings. The van der Waals surface area contributed by atoms with Gasteiger partial charge in [0, 0.05) is 18.1 Å². The Morgan fingerprint density at radius 1 is 1.10 bits per heavy atom. The number of fused-ring (bicyclic) bond motifs is 1. The van der Waals surface area contributed by atoms with Gasteiger partial charge in [-0.25, -0.2) is 0 Å². The number of rotatable bonds is 4. The van der Waals surface area contributed by atoms with Crippen LogP contribution < -0.4 is 15.0 Å². The molecule has 2 heterocycles. The number of ether oxygens (including phenoxy) is 2. The summed E-state index contributed by atoms with van der Waals surface area (Å²) in [7, 11) is 0. The van der Waals surface area contributed by atoms with Crippen LogP contribution in [0, 0.1) is 0 Å². The molecular weight excluding hydrogens is 429 g/mol. The molecule has 9 heteroatoms. The van der Waals surface area contributed by atoms with Gasteiger partial charge >= 0.3 is 0 Å². The molecule has 0 radical (unpaired) electrons. The minimum Gasteiger partial charge on any atom is -0.477 e. The summed E-state index contributed by atoms with van der Waals surface area (Å²) < 4.78 is 11.3. The first kappa shape index (κ1) is 20.8. The first-order valence-corrected chi connectivity index (χ1v) is 10.4. The van der Waals surface area contributed by atoms with Crippen molar-refractivity contribution in [1.82, 2.24) is 4.90 Å². The van der Waals surface area contributed by atoms with E-state index in [4.69, 9.17) is 32.7 Å². The van der Waals surface area contributed by atoms with Crippen LogP contribution in [0.25, 0.3) is 0 Å². The maximum Gasteiger partial charge on any atom is 0.265 e. The average Bonchev–Trinajstić information content (AvgIpc) is 2.75. The highest BCUT2D eigenvalue weighted by molar-refractivity contribution is 6.36. The van der Waals surface area contributed by atoms with Gasteiger partial charge in [-0.15, -0.1) is 0 Å². The number of carbonyl (C=O) groups excluding carboxylic acids is 2. The second-order valence-electron chi connectivity index (χ2n) is 7.06. The molecule has 0 unspecified atom stereocenters. The number of para-hydroxylation sites is 2. The number of morpholine rings is 1. The van der Waals surface area contributed by atoms with Gasteiger partial charge in [-0.3, -0.25) is 9.59 Å². The molecule has 0 aromatic heterocycles. The Labute approximate surface area is 184 Å². The minimum atomic E-state index is -0.690. The number of benzene rings is 2. The largest absolute Gasteiger partial charge is 0.477 e. The van der Waals surface area contributed by atoms with Crippen LogP contribution in [0.4, 0.5) is 11.4 Å². The van der Waals surface area contributed by atoms with Crippen LogP contribution >= 0.6 is 23.2 Å². The van der Waals surface area contributed by atoms with E-state index in [-0.39, 0.29) is 24.9 Å². The Balaban J connectivity index is 1.49. The van der Waals surface area contributed by atoms with E-state index in [1.807, 2.05) is 23.1 Å². The molecule has 2 aromatic rings. The van der Waals surface area contributed by atoms with Crippen LogP contribution in [-0.4, -0.2) is 62.2 Å². The molecular formula is C21H21Cl2N3O4. The van der Waals surface area contributed by atoms with E-state index in [0.717, 1.165) is 5.69 Å². The van der Waals surface area contributed by atoms with Crippen LogP contribution in [0.1, 0.15) is 0 Å². The summed E-state index contributed by atoms with van der Waals surface area (Å²) in [6, 6.07) is 12.3. The number of anilines is 2. The predicted octanol–water partition coefficient (Wildman–Crippen LogP) is 3.06. The summed E-state index contributed by atoms with van der Waals surface area (Å²) in [5.74, 6) is 0.222. The number of halogens is 2. The molecule has 2 aliphatic heterocycles. The van der Waals surface area contributed by atoms with Crippen molar-refractivity contribution in [3.8, 4) is 5.75 Å². The molecule has 30 heavy (non-hydrogen) atoms. The fraction of sp³-hybridized carbons (Fsp3) is 0.333. The predicted molar refractivity (Wildman–Crippen MR) is 116 cm³/mol. The van der Waals surface area contributed by atoms with Crippen LogP contribution in [0.3, 0.4) is 0 Å². The molecule has 0 aliphatic carbocycles. The standard InChI is InChI=1S/C21H21Cl2N3O4/c22-14-5-6-16(15(23)11-14)24-20(27)13-26-12-19(21(28)25-7-9-29-10-8-25)30-18-4-2-1-3-17(18)26/h1-6,11,19H,7-10,12-13H2,(H,24,27)/t19-/m0/s1. The van der Waals surface area contributed by atoms with Gasteiger partial charge in [-0.2, -0.15) is 0 Å². The maximum absolute atomic E-state index is 13.0. The lowest BCUT2D eigenvalue weighted by Crippen LogP contribution is -2.53. The Hall–Kier alpha value is -2.48. The maximum atomic E-state index is 13.0. The Kier molecular flexibility index (Phi) is 6.32. The molecule has 2 aromatic carbocycles. The van der Waals surface area contributed by atoms with Gasteiger partial charge in [0.2, 0.25) is 5.91 Å². The molecule has 1 N–H and O–H groups in total. The second-order valence-corrected chi connectivity index (χ2v) is 7.91. The molecule has 4 rings (SSSR count). The molecule has 7 nitrogen and oxygen atoms in total. The zero-order valence-electron chi connectivity index (χ0n) is 16.1. The van der Waals surface area contributed by atoms with Gasteiger partial charge in [-0.05, 0) is 30.3 Å². The van der Waals surface area contributed by atoms with E-state index in [2.05, 4.69) is 5.32 Å². The van der Waals surface area contributed by atoms with Gasteiger partial charge < -0.3 is 24.6 Å². The van der Waals surface area contributed by atoms with Crippen molar-refractivity contribution in [1.29, 1.82) is 0 Å². The highest BCUT2D eigenvalue weighted by atomic mass is 35.5. The summed E-state index contributed by atoms with van der Waals surface area (Å²) in [5.41, 5.74) is 1.24. The third kappa shape index (κ3) is 4.64. The highest BCUT2D eigenvalue weighted by Gasteiger charge is 2.34. The third-order valence-electron chi connectivity index (χ3n) is 5.00. The topological polar surface area (TPSA) is 71.1 Å². The molecule has 2 amide bonds. The molecule has 1 saturated heterocycles. The molecule has 0 saturated carbocycles. The zero-order valence-corrected chi connectivity index (χ0v) is 17.7. The zero-order chi connectivity index (χ0) is 21.1. The van der Waals surface area contributed by atoms with Crippen molar-refractivity contribution in [3.05, 3.63) is 52.5 Å². The van der Waals surface area contributed by atoms with Gasteiger partial charge in [0.25, 0.3) is 5.91 Å². The van der Waals surface area contributed by atoms with E-state index in [9.17, 15) is 9.59 Å². The Morgan fingerprint density at radius 3 is 2.63 bits per heavy atom. The fourth-order valence-electron chi connectivity index (χ4n) is 3.53. The van der Waals surface area contributed by atoms with Crippen molar-refractivity contribution in [3.63, 3.8) is 0 Å². The SMILES string of the molecule is O=C(CN1C[C@@H](C(=O)N2CCOCC2)Oc2ccccc21)Nc1ccc(Cl)cc1Cl. The number of carbonyl (C=O) groups is 2. The number of nitrogens with zero attached hydrogens (tertiary/aromatic N) is 2. The van der Waals surface area contributed by atoms with E-state index in [1.54, 1.807) is 29.2 Å². The number of hydrogen-bond acceptors (Lipinski definition) is 5. The van der Waals surface area contributed by atoms with Gasteiger partial charge in [-0.1, -0.05) is 35.3 Å². The molecule has 0 bridgehead atoms. The summed E-state index contributed by atoms with van der Waals surface area (Å²) >= 11 is 12.1. The van der Waals surface area contributed by atoms with E-state index >= 15 is 0 Å². The summed E-state index contributed by atoms with van der Waals surface area (Å²) in [5, 5.41) is 3.65. The Bertz CT molecular complexity index is 950. The second kappa shape index (κ2) is 9.12. The number of nitrogens with one attached hydrogen (secondary N) is 1. The van der Waals surface area contributed by atoms with E-state index in [1.165, 1.54) is 0 Å². The van der Waals surface area contributed by atoms with E-state index < -0.39 is 6.10 Å². The summed E-state index contributed by atoms with van der Waals surface area (Å²) in [4.78, 5) is 29.3. The molecule has 1 atom stereocenters. The minimum absolute atomic E-state index is 0.0478. The molecule has 158 valence electrons. The average molecular weight is 450 g/mol. The lowest BCUT2D eigenvalue weighted by Gasteiger charge is -2.38. The lowest BCUT2D eigenvalue weighted by atomic mass is 10.1. The smallest absolute Gasteiger partial charge is 0.265 e. The first-order chi connectivity index (χ1) is 14.5. The monoisotopic (exact) mass is 449 g/mol. The molecule has 2 aliphatic rings. The van der Waals surface area contributed by atoms with Crippen molar-refractivity contribution < 1.29 is 19.1 Å². The third-order valence-corrected chi connectivity index (χ3v) is 5.55. The number of amides is 2. The fourth-order valence-corrected chi connectivity index (χ4v) is 3.98. The van der Waals surface area contributed by atoms with Crippen LogP contribution in [0.5, 0.6) is 5.75 Å². The van der Waals surface area contributed by atoms with Crippen LogP contribution in [0.15, 0.2) is 42.5 Å². The first-order valence-electron chi connectivity index (χ1n) is 9.63. The van der Waals surface area contributed by atoms with Crippen LogP contribution in [-0.2, 0) is 14.3 Å². The van der Waals surface area contributed by atoms with E-state index in [0.29, 0.717) is 47.8 Å². The van der Waals surface area contributed by atoms with Gasteiger partial charge in [0.1, 0.15) is 5.75 Å². The lowest BCUT2D eigenvalue weighted by molar-refractivity contribution is -0.142. The summed E-state index contributed by atoms with van der Waals surface area (Å²) in [6.45, 7) is 2.43. The number of hydrogen-bond donors (Lipinski definition) is 1. The van der Waals surface area contributed by atoms with Gasteiger partial charge in [0.05, 0.1) is 42.7 Å². The Morgan fingerprint density at radius 2 is 1.87 bits per heavy atom. The van der Waals surface area contributed by atoms with Crippen molar-refractivity contribution in [2.24, 2.45) is 0 Å². The van der Waals surface area contributed by atoms with Gasteiger partial charge in [0.15, 0.2) is 6.10 Å². The molecule has 0 spiro atoms. The quantitative estimate of drug-likeness (QED) is 0.776. The van der Waals surface area contributed by atoms with Crippen LogP contribution in [0.2, 0.25) is 10.0 Å². The highest BCUT2D eigenvalue weighted by Crippen LogP contribution is 2.33.